The van der Waals surface area contributed by atoms with Gasteiger partial charge < -0.3 is 20.1 Å². The molecule has 1 aliphatic heterocycles. The third-order valence-corrected chi connectivity index (χ3v) is 5.27. The van der Waals surface area contributed by atoms with Gasteiger partial charge in [-0.3, -0.25) is 19.7 Å². The van der Waals surface area contributed by atoms with E-state index in [1.54, 1.807) is 39.0 Å². The quantitative estimate of drug-likeness (QED) is 0.497. The summed E-state index contributed by atoms with van der Waals surface area (Å²) in [5.41, 5.74) is 2.17. The maximum Gasteiger partial charge on any atom is 0.254 e. The number of carbonyl (C=O) groups excluding carboxylic acids is 3. The molecule has 32 heavy (non-hydrogen) atoms. The zero-order valence-corrected chi connectivity index (χ0v) is 18.0. The fraction of sp³-hybridized carbons (Fsp3) is 0.318. The molecule has 0 radical (unpaired) electrons. The van der Waals surface area contributed by atoms with Crippen molar-refractivity contribution in [3.05, 3.63) is 58.9 Å². The van der Waals surface area contributed by atoms with Crippen molar-refractivity contribution in [1.82, 2.24) is 10.2 Å². The third kappa shape index (κ3) is 5.08. The highest BCUT2D eigenvalue weighted by atomic mass is 19.1. The number of nitrogens with zero attached hydrogens (tertiary/aromatic N) is 1. The Balaban J connectivity index is 1.74. The molecule has 1 unspecified atom stereocenters. The molecule has 0 saturated heterocycles. The van der Waals surface area contributed by atoms with Crippen molar-refractivity contribution >= 4 is 31.3 Å². The van der Waals surface area contributed by atoms with E-state index in [9.17, 15) is 18.8 Å². The average molecular weight is 441 g/mol. The summed E-state index contributed by atoms with van der Waals surface area (Å²) in [7, 11) is 1.57. The van der Waals surface area contributed by atoms with Crippen LogP contribution in [0, 0.1) is 5.82 Å². The van der Waals surface area contributed by atoms with Gasteiger partial charge in [-0.05, 0) is 30.3 Å². The Bertz CT molecular complexity index is 1030. The second-order valence-corrected chi connectivity index (χ2v) is 7.39. The number of hydrogen-bond acceptors (Lipinski definition) is 6. The first-order valence-electron chi connectivity index (χ1n) is 10.4. The van der Waals surface area contributed by atoms with Crippen LogP contribution < -0.4 is 15.4 Å². The Hall–Kier alpha value is -3.40. The Labute approximate surface area is 186 Å². The highest BCUT2D eigenvalue weighted by molar-refractivity contribution is 6.27. The number of benzene rings is 2. The van der Waals surface area contributed by atoms with E-state index in [0.717, 1.165) is 0 Å². The normalized spacial score (nSPS) is 13.5. The summed E-state index contributed by atoms with van der Waals surface area (Å²) in [6, 6.07) is 9.50. The molecule has 10 heteroatoms. The Morgan fingerprint density at radius 1 is 1.31 bits per heavy atom. The van der Waals surface area contributed by atoms with Gasteiger partial charge in [0.05, 0.1) is 12.5 Å². The summed E-state index contributed by atoms with van der Waals surface area (Å²) >= 11 is 0. The molecule has 2 aromatic rings. The lowest BCUT2D eigenvalue weighted by atomic mass is 9.93. The molecule has 1 aliphatic rings. The minimum atomic E-state index is -0.823. The van der Waals surface area contributed by atoms with Gasteiger partial charge in [0, 0.05) is 41.9 Å². The topological polar surface area (TPSA) is 108 Å². The van der Waals surface area contributed by atoms with Gasteiger partial charge in [0.25, 0.3) is 5.91 Å². The molecule has 2 aromatic carbocycles. The maximum atomic E-state index is 14.2. The van der Waals surface area contributed by atoms with Gasteiger partial charge in [-0.25, -0.2) is 4.39 Å². The first-order chi connectivity index (χ1) is 15.3. The second-order valence-electron chi connectivity index (χ2n) is 7.39. The number of imide groups is 1. The summed E-state index contributed by atoms with van der Waals surface area (Å²) in [6.07, 6.45) is 0.170. The highest BCUT2D eigenvalue weighted by Crippen LogP contribution is 2.31. The lowest BCUT2D eigenvalue weighted by Crippen LogP contribution is -2.49. The molecule has 3 rings (SSSR count). The number of halogens is 1. The first kappa shape index (κ1) is 23.3. The largest absolute Gasteiger partial charge is 0.491 e. The van der Waals surface area contributed by atoms with Crippen LogP contribution in [0.4, 0.5) is 10.1 Å². The van der Waals surface area contributed by atoms with Crippen molar-refractivity contribution in [2.75, 3.05) is 18.5 Å². The van der Waals surface area contributed by atoms with Crippen LogP contribution >= 0.6 is 0 Å². The number of rotatable bonds is 9. The van der Waals surface area contributed by atoms with Gasteiger partial charge >= 0.3 is 0 Å². The van der Waals surface area contributed by atoms with Crippen molar-refractivity contribution in [2.45, 2.75) is 32.4 Å². The van der Waals surface area contributed by atoms with Gasteiger partial charge in [-0.15, -0.1) is 0 Å². The fourth-order valence-corrected chi connectivity index (χ4v) is 3.43. The molecular formula is C22H25BFN3O5. The summed E-state index contributed by atoms with van der Waals surface area (Å²) in [6.45, 7) is 1.94. The van der Waals surface area contributed by atoms with E-state index in [1.165, 1.54) is 17.0 Å². The van der Waals surface area contributed by atoms with E-state index in [0.29, 0.717) is 28.1 Å². The molecular weight excluding hydrogens is 416 g/mol. The molecule has 0 aromatic heterocycles. The molecule has 168 valence electrons. The SMILES string of the molecule is BC(C(=O)NC(=O)CC)N1Cc2c(NCc3cc(OCCO)ccc3F)cccc2C1=O. The molecule has 0 saturated carbocycles. The predicted octanol–water partition coefficient (Wildman–Crippen LogP) is 0.777. The van der Waals surface area contributed by atoms with Crippen molar-refractivity contribution in [3.63, 3.8) is 0 Å². The van der Waals surface area contributed by atoms with E-state index in [4.69, 9.17) is 9.84 Å². The van der Waals surface area contributed by atoms with E-state index < -0.39 is 23.6 Å². The molecule has 0 spiro atoms. The minimum absolute atomic E-state index is 0.109. The third-order valence-electron chi connectivity index (χ3n) is 5.27. The average Bonchev–Trinajstić information content (AvgIpc) is 3.14. The van der Waals surface area contributed by atoms with Gasteiger partial charge in [0.15, 0.2) is 0 Å². The van der Waals surface area contributed by atoms with Crippen molar-refractivity contribution in [1.29, 1.82) is 0 Å². The van der Waals surface area contributed by atoms with Gasteiger partial charge in [-0.2, -0.15) is 0 Å². The molecule has 1 atom stereocenters. The summed E-state index contributed by atoms with van der Waals surface area (Å²) < 4.78 is 19.6. The summed E-state index contributed by atoms with van der Waals surface area (Å²) in [5, 5.41) is 14.3. The molecule has 1 heterocycles. The van der Waals surface area contributed by atoms with Crippen LogP contribution in [-0.2, 0) is 22.7 Å². The van der Waals surface area contributed by atoms with Gasteiger partial charge in [0.1, 0.15) is 26.0 Å². The van der Waals surface area contributed by atoms with Crippen LogP contribution in [0.2, 0.25) is 0 Å². The zero-order valence-electron chi connectivity index (χ0n) is 18.0. The molecule has 8 nitrogen and oxygen atoms in total. The second kappa shape index (κ2) is 10.3. The Kier molecular flexibility index (Phi) is 7.47. The Morgan fingerprint density at radius 2 is 2.09 bits per heavy atom. The Morgan fingerprint density at radius 3 is 2.81 bits per heavy atom. The number of aliphatic hydroxyl groups excluding tert-OH is 1. The van der Waals surface area contributed by atoms with E-state index >= 15 is 0 Å². The number of ether oxygens (including phenoxy) is 1. The summed E-state index contributed by atoms with van der Waals surface area (Å²) in [4.78, 5) is 38.1. The molecule has 0 bridgehead atoms. The van der Waals surface area contributed by atoms with E-state index in [-0.39, 0.29) is 38.6 Å². The molecule has 0 aliphatic carbocycles. The van der Waals surface area contributed by atoms with Crippen molar-refractivity contribution in [2.24, 2.45) is 0 Å². The smallest absolute Gasteiger partial charge is 0.254 e. The van der Waals surface area contributed by atoms with Gasteiger partial charge in [-0.1, -0.05) is 13.0 Å². The van der Waals surface area contributed by atoms with Crippen molar-refractivity contribution in [3.8, 4) is 5.75 Å². The number of amides is 3. The predicted molar refractivity (Wildman–Crippen MR) is 118 cm³/mol. The molecule has 3 amide bonds. The first-order valence-corrected chi connectivity index (χ1v) is 10.4. The number of hydrogen-bond donors (Lipinski definition) is 3. The zero-order chi connectivity index (χ0) is 23.3. The monoisotopic (exact) mass is 441 g/mol. The van der Waals surface area contributed by atoms with E-state index in [1.807, 2.05) is 0 Å². The lowest BCUT2D eigenvalue weighted by molar-refractivity contribution is -0.131. The maximum absolute atomic E-state index is 14.2. The molecule has 3 N–H and O–H groups in total. The van der Waals surface area contributed by atoms with Crippen LogP contribution in [0.25, 0.3) is 0 Å². The number of aliphatic hydroxyl groups is 1. The summed E-state index contributed by atoms with van der Waals surface area (Å²) in [5.74, 6) is -2.03. The number of fused-ring (bicyclic) bond motifs is 1. The number of carbonyl (C=O) groups is 3. The lowest BCUT2D eigenvalue weighted by Gasteiger charge is -2.23. The minimum Gasteiger partial charge on any atom is -0.491 e. The van der Waals surface area contributed by atoms with Crippen LogP contribution in [0.5, 0.6) is 5.75 Å². The molecule has 0 fully saturated rings. The van der Waals surface area contributed by atoms with Crippen molar-refractivity contribution < 1.29 is 28.6 Å². The van der Waals surface area contributed by atoms with Crippen LogP contribution in [0.1, 0.15) is 34.8 Å². The van der Waals surface area contributed by atoms with Crippen LogP contribution in [-0.4, -0.2) is 54.7 Å². The standard InChI is InChI=1S/C22H25BFN3O5/c1-2-19(29)26-21(30)20(23)27-12-16-15(22(27)31)4-3-5-18(16)25-11-13-10-14(32-9-8-28)6-7-17(13)24/h3-7,10,20,25,28H,2,8-9,11-12,23H2,1H3,(H,26,29,30). The fourth-order valence-electron chi connectivity index (χ4n) is 3.43. The van der Waals surface area contributed by atoms with E-state index in [2.05, 4.69) is 10.6 Å². The number of nitrogens with one attached hydrogen (secondary N) is 2. The highest BCUT2D eigenvalue weighted by Gasteiger charge is 2.35. The van der Waals surface area contributed by atoms with Gasteiger partial charge in [0.2, 0.25) is 11.8 Å². The van der Waals surface area contributed by atoms with Crippen LogP contribution in [0.15, 0.2) is 36.4 Å². The van der Waals surface area contributed by atoms with Crippen LogP contribution in [0.3, 0.4) is 0 Å². The number of anilines is 1.